The van der Waals surface area contributed by atoms with Gasteiger partial charge in [0.1, 0.15) is 12.4 Å². The SMILES string of the molecule is O=C1N(CCN2CCOCC2)CCC12CCN(Cc1cccc(OCCO)c1)C2. The monoisotopic (exact) mass is 403 g/mol. The Balaban J connectivity index is 1.29. The van der Waals surface area contributed by atoms with E-state index in [2.05, 4.69) is 20.8 Å². The molecule has 0 aliphatic carbocycles. The molecule has 29 heavy (non-hydrogen) atoms. The number of benzene rings is 1. The number of aliphatic hydroxyl groups excluding tert-OH is 1. The van der Waals surface area contributed by atoms with Crippen LogP contribution in [0.2, 0.25) is 0 Å². The van der Waals surface area contributed by atoms with Crippen LogP contribution in [0.1, 0.15) is 18.4 Å². The highest BCUT2D eigenvalue weighted by Crippen LogP contribution is 2.41. The van der Waals surface area contributed by atoms with Gasteiger partial charge in [0, 0.05) is 45.8 Å². The predicted octanol–water partition coefficient (Wildman–Crippen LogP) is 0.814. The van der Waals surface area contributed by atoms with E-state index in [1.807, 2.05) is 18.2 Å². The zero-order valence-corrected chi connectivity index (χ0v) is 17.2. The molecule has 0 radical (unpaired) electrons. The van der Waals surface area contributed by atoms with Crippen molar-refractivity contribution in [1.29, 1.82) is 0 Å². The maximum Gasteiger partial charge on any atom is 0.230 e. The number of hydrogen-bond acceptors (Lipinski definition) is 6. The molecule has 0 aromatic heterocycles. The molecule has 1 aromatic carbocycles. The van der Waals surface area contributed by atoms with Crippen LogP contribution in [0, 0.1) is 5.41 Å². The van der Waals surface area contributed by atoms with Gasteiger partial charge in [-0.15, -0.1) is 0 Å². The summed E-state index contributed by atoms with van der Waals surface area (Å²) in [7, 11) is 0. The van der Waals surface area contributed by atoms with Crippen molar-refractivity contribution in [1.82, 2.24) is 14.7 Å². The van der Waals surface area contributed by atoms with E-state index in [4.69, 9.17) is 14.6 Å². The van der Waals surface area contributed by atoms with E-state index in [9.17, 15) is 4.79 Å². The van der Waals surface area contributed by atoms with E-state index in [-0.39, 0.29) is 12.0 Å². The van der Waals surface area contributed by atoms with Crippen LogP contribution in [-0.2, 0) is 16.1 Å². The number of hydrogen-bond donors (Lipinski definition) is 1. The molecule has 1 amide bonds. The van der Waals surface area contributed by atoms with Gasteiger partial charge in [-0.25, -0.2) is 0 Å². The first-order valence-electron chi connectivity index (χ1n) is 10.8. The molecule has 3 aliphatic rings. The maximum absolute atomic E-state index is 13.2. The lowest BCUT2D eigenvalue weighted by Crippen LogP contribution is -2.43. The van der Waals surface area contributed by atoms with Crippen LogP contribution in [0.3, 0.4) is 0 Å². The Morgan fingerprint density at radius 1 is 1.07 bits per heavy atom. The number of carbonyl (C=O) groups excluding carboxylic acids is 1. The Hall–Kier alpha value is -1.67. The Morgan fingerprint density at radius 2 is 1.90 bits per heavy atom. The molecule has 3 aliphatic heterocycles. The number of aliphatic hydroxyl groups is 1. The second kappa shape index (κ2) is 9.43. The van der Waals surface area contributed by atoms with Gasteiger partial charge in [0.15, 0.2) is 0 Å². The zero-order valence-electron chi connectivity index (χ0n) is 17.2. The van der Waals surface area contributed by atoms with E-state index in [1.54, 1.807) is 0 Å². The van der Waals surface area contributed by atoms with Gasteiger partial charge in [0.2, 0.25) is 5.91 Å². The summed E-state index contributed by atoms with van der Waals surface area (Å²) in [4.78, 5) is 20.1. The molecule has 1 N–H and O–H groups in total. The van der Waals surface area contributed by atoms with Crippen molar-refractivity contribution >= 4 is 5.91 Å². The summed E-state index contributed by atoms with van der Waals surface area (Å²) in [5.41, 5.74) is 1.00. The minimum absolute atomic E-state index is 0.0169. The number of likely N-dealkylation sites (tertiary alicyclic amines) is 2. The Morgan fingerprint density at radius 3 is 2.72 bits per heavy atom. The van der Waals surface area contributed by atoms with Gasteiger partial charge in [0.05, 0.1) is 25.2 Å². The highest BCUT2D eigenvalue weighted by atomic mass is 16.5. The summed E-state index contributed by atoms with van der Waals surface area (Å²) in [5, 5.41) is 8.93. The third kappa shape index (κ3) is 4.91. The van der Waals surface area contributed by atoms with E-state index in [1.165, 1.54) is 5.56 Å². The second-order valence-corrected chi connectivity index (χ2v) is 8.46. The number of ether oxygens (including phenoxy) is 2. The molecule has 4 rings (SSSR count). The lowest BCUT2D eigenvalue weighted by atomic mass is 9.85. The molecule has 1 atom stereocenters. The van der Waals surface area contributed by atoms with Gasteiger partial charge in [-0.1, -0.05) is 12.1 Å². The highest BCUT2D eigenvalue weighted by molar-refractivity contribution is 5.85. The normalized spacial score (nSPS) is 26.0. The van der Waals surface area contributed by atoms with Crippen LogP contribution in [0.15, 0.2) is 24.3 Å². The van der Waals surface area contributed by atoms with Crippen molar-refractivity contribution in [2.45, 2.75) is 19.4 Å². The summed E-state index contributed by atoms with van der Waals surface area (Å²) >= 11 is 0. The number of rotatable bonds is 8. The van der Waals surface area contributed by atoms with Crippen LogP contribution in [0.4, 0.5) is 0 Å². The third-order valence-corrected chi connectivity index (χ3v) is 6.49. The van der Waals surface area contributed by atoms with Crippen molar-refractivity contribution in [2.75, 3.05) is 72.2 Å². The maximum atomic E-state index is 13.2. The largest absolute Gasteiger partial charge is 0.491 e. The second-order valence-electron chi connectivity index (χ2n) is 8.46. The van der Waals surface area contributed by atoms with Crippen molar-refractivity contribution < 1.29 is 19.4 Å². The van der Waals surface area contributed by atoms with Gasteiger partial charge in [-0.2, -0.15) is 0 Å². The van der Waals surface area contributed by atoms with Gasteiger partial charge in [0.25, 0.3) is 0 Å². The Bertz CT molecular complexity index is 694. The van der Waals surface area contributed by atoms with Crippen molar-refractivity contribution in [3.05, 3.63) is 29.8 Å². The quantitative estimate of drug-likeness (QED) is 0.693. The summed E-state index contributed by atoms with van der Waals surface area (Å²) in [6.45, 7) is 9.21. The molecule has 1 spiro atoms. The molecular formula is C22H33N3O4. The molecule has 0 saturated carbocycles. The average molecular weight is 404 g/mol. The third-order valence-electron chi connectivity index (χ3n) is 6.49. The minimum Gasteiger partial charge on any atom is -0.491 e. The van der Waals surface area contributed by atoms with E-state index in [0.29, 0.717) is 12.5 Å². The van der Waals surface area contributed by atoms with Crippen LogP contribution in [0.5, 0.6) is 5.75 Å². The molecule has 1 unspecified atom stereocenters. The molecule has 3 heterocycles. The van der Waals surface area contributed by atoms with Crippen LogP contribution in [0.25, 0.3) is 0 Å². The number of nitrogens with zero attached hydrogens (tertiary/aromatic N) is 3. The first kappa shape index (κ1) is 20.6. The summed E-state index contributed by atoms with van der Waals surface area (Å²) in [6, 6.07) is 8.03. The van der Waals surface area contributed by atoms with E-state index < -0.39 is 0 Å². The van der Waals surface area contributed by atoms with Gasteiger partial charge >= 0.3 is 0 Å². The molecular weight excluding hydrogens is 370 g/mol. The minimum atomic E-state index is -0.185. The van der Waals surface area contributed by atoms with Crippen LogP contribution >= 0.6 is 0 Å². The molecule has 7 nitrogen and oxygen atoms in total. The number of amides is 1. The highest BCUT2D eigenvalue weighted by Gasteiger charge is 2.50. The van der Waals surface area contributed by atoms with Crippen LogP contribution < -0.4 is 4.74 Å². The summed E-state index contributed by atoms with van der Waals surface area (Å²) < 4.78 is 10.9. The lowest BCUT2D eigenvalue weighted by molar-refractivity contribution is -0.135. The number of carbonyl (C=O) groups is 1. The van der Waals surface area contributed by atoms with Gasteiger partial charge in [-0.3, -0.25) is 14.6 Å². The molecule has 3 fully saturated rings. The average Bonchev–Trinajstić information content (AvgIpc) is 3.30. The predicted molar refractivity (Wildman–Crippen MR) is 110 cm³/mol. The van der Waals surface area contributed by atoms with Crippen molar-refractivity contribution in [2.24, 2.45) is 5.41 Å². The van der Waals surface area contributed by atoms with Crippen molar-refractivity contribution in [3.8, 4) is 5.75 Å². The van der Waals surface area contributed by atoms with E-state index >= 15 is 0 Å². The molecule has 1 aromatic rings. The summed E-state index contributed by atoms with van der Waals surface area (Å²) in [6.07, 6.45) is 1.94. The van der Waals surface area contributed by atoms with Gasteiger partial charge < -0.3 is 19.5 Å². The summed E-state index contributed by atoms with van der Waals surface area (Å²) in [5.74, 6) is 1.14. The van der Waals surface area contributed by atoms with Crippen LogP contribution in [-0.4, -0.2) is 98.0 Å². The number of morpholine rings is 1. The topological polar surface area (TPSA) is 65.5 Å². The van der Waals surface area contributed by atoms with Crippen molar-refractivity contribution in [3.63, 3.8) is 0 Å². The lowest BCUT2D eigenvalue weighted by Gasteiger charge is -2.29. The van der Waals surface area contributed by atoms with E-state index in [0.717, 1.165) is 84.2 Å². The fourth-order valence-electron chi connectivity index (χ4n) is 4.82. The Kier molecular flexibility index (Phi) is 6.70. The standard InChI is InChI=1S/C22H33N3O4/c26-12-15-29-20-3-1-2-19(16-20)17-24-6-4-22(18-24)5-7-25(21(22)27)9-8-23-10-13-28-14-11-23/h1-3,16,26H,4-15,17-18H2. The fraction of sp³-hybridized carbons (Fsp3) is 0.682. The smallest absolute Gasteiger partial charge is 0.230 e. The fourth-order valence-corrected chi connectivity index (χ4v) is 4.82. The first-order valence-corrected chi connectivity index (χ1v) is 10.8. The first-order chi connectivity index (χ1) is 14.2. The Labute approximate surface area is 173 Å². The van der Waals surface area contributed by atoms with Gasteiger partial charge in [-0.05, 0) is 37.1 Å². The molecule has 160 valence electrons. The zero-order chi connectivity index (χ0) is 20.1. The molecule has 3 saturated heterocycles. The molecule has 7 heteroatoms. The molecule has 0 bridgehead atoms.